The molecule has 0 unspecified atom stereocenters. The van der Waals surface area contributed by atoms with Crippen LogP contribution in [0.3, 0.4) is 0 Å². The largest absolute Gasteiger partial charge is 0.375 e. The van der Waals surface area contributed by atoms with Crippen LogP contribution in [0.5, 0.6) is 0 Å². The first-order valence-electron chi connectivity index (χ1n) is 4.76. The maximum atomic E-state index is 2.31. The van der Waals surface area contributed by atoms with E-state index >= 15 is 0 Å². The maximum absolute atomic E-state index is 2.31. The molecule has 3 heteroatoms. The van der Waals surface area contributed by atoms with E-state index in [0.717, 1.165) is 6.54 Å². The molecular formula is C11H17NS2. The van der Waals surface area contributed by atoms with Crippen molar-refractivity contribution >= 4 is 27.3 Å². The molecule has 14 heavy (non-hydrogen) atoms. The number of rotatable bonds is 6. The van der Waals surface area contributed by atoms with E-state index < -0.39 is 0 Å². The number of benzene rings is 1. The Labute approximate surface area is 94.7 Å². The Morgan fingerprint density at radius 1 is 1.21 bits per heavy atom. The van der Waals surface area contributed by atoms with Crippen LogP contribution in [0, 0.1) is 0 Å². The summed E-state index contributed by atoms with van der Waals surface area (Å²) in [6, 6.07) is 10.5. The van der Waals surface area contributed by atoms with Crippen molar-refractivity contribution in [2.24, 2.45) is 0 Å². The Bertz CT molecular complexity index is 238. The van der Waals surface area contributed by atoms with Crippen molar-refractivity contribution < 1.29 is 0 Å². The van der Waals surface area contributed by atoms with E-state index in [2.05, 4.69) is 48.5 Å². The van der Waals surface area contributed by atoms with Crippen molar-refractivity contribution in [1.29, 1.82) is 0 Å². The summed E-state index contributed by atoms with van der Waals surface area (Å²) in [6.45, 7) is 1.14. The van der Waals surface area contributed by atoms with Crippen molar-refractivity contribution in [3.05, 3.63) is 30.3 Å². The zero-order valence-electron chi connectivity index (χ0n) is 8.77. The van der Waals surface area contributed by atoms with Gasteiger partial charge in [0.1, 0.15) is 0 Å². The van der Waals surface area contributed by atoms with Crippen LogP contribution in [0.4, 0.5) is 5.69 Å². The summed E-state index contributed by atoms with van der Waals surface area (Å²) in [4.78, 5) is 2.31. The van der Waals surface area contributed by atoms with Gasteiger partial charge in [-0.05, 0) is 24.8 Å². The van der Waals surface area contributed by atoms with E-state index in [1.54, 1.807) is 0 Å². The van der Waals surface area contributed by atoms with E-state index in [1.165, 1.54) is 17.9 Å². The predicted molar refractivity (Wildman–Crippen MR) is 70.3 cm³/mol. The van der Waals surface area contributed by atoms with E-state index in [1.807, 2.05) is 21.6 Å². The van der Waals surface area contributed by atoms with Crippen LogP contribution in [-0.2, 0) is 0 Å². The quantitative estimate of drug-likeness (QED) is 0.541. The summed E-state index contributed by atoms with van der Waals surface area (Å²) in [5.74, 6) is 1.23. The molecule has 0 fully saturated rings. The molecule has 0 atom stereocenters. The zero-order chi connectivity index (χ0) is 10.2. The van der Waals surface area contributed by atoms with Gasteiger partial charge in [0.05, 0.1) is 0 Å². The molecule has 1 rings (SSSR count). The molecule has 0 amide bonds. The Balaban J connectivity index is 2.25. The highest BCUT2D eigenvalue weighted by atomic mass is 33.1. The molecule has 0 bridgehead atoms. The van der Waals surface area contributed by atoms with Gasteiger partial charge in [0.25, 0.3) is 0 Å². The Kier molecular flexibility index (Phi) is 5.96. The van der Waals surface area contributed by atoms with E-state index in [9.17, 15) is 0 Å². The summed E-state index contributed by atoms with van der Waals surface area (Å²) in [7, 11) is 5.93. The molecule has 0 spiro atoms. The summed E-state index contributed by atoms with van der Waals surface area (Å²) in [5.41, 5.74) is 1.31. The molecule has 0 aliphatic heterocycles. The standard InChI is InChI=1S/C11H17NS2/c1-12(9-6-10-14-13-2)11-7-4-3-5-8-11/h3-5,7-8H,6,9-10H2,1-2H3. The average Bonchev–Trinajstić information content (AvgIpc) is 2.25. The molecule has 0 aromatic heterocycles. The second kappa shape index (κ2) is 7.07. The summed E-state index contributed by atoms with van der Waals surface area (Å²) >= 11 is 0. The van der Waals surface area contributed by atoms with Gasteiger partial charge in [-0.1, -0.05) is 39.8 Å². The van der Waals surface area contributed by atoms with E-state index in [0.29, 0.717) is 0 Å². The third-order valence-electron chi connectivity index (χ3n) is 2.04. The number of para-hydroxylation sites is 1. The van der Waals surface area contributed by atoms with Crippen LogP contribution >= 0.6 is 21.6 Å². The van der Waals surface area contributed by atoms with Crippen molar-refractivity contribution in [3.8, 4) is 0 Å². The highest BCUT2D eigenvalue weighted by Gasteiger charge is 1.98. The summed E-state index contributed by atoms with van der Waals surface area (Å²) in [5, 5.41) is 0. The van der Waals surface area contributed by atoms with Crippen molar-refractivity contribution in [1.82, 2.24) is 0 Å². The third kappa shape index (κ3) is 4.29. The summed E-state index contributed by atoms with van der Waals surface area (Å²) < 4.78 is 0. The van der Waals surface area contributed by atoms with Gasteiger partial charge < -0.3 is 4.90 Å². The minimum Gasteiger partial charge on any atom is -0.375 e. The fourth-order valence-electron chi connectivity index (χ4n) is 1.26. The van der Waals surface area contributed by atoms with E-state index in [-0.39, 0.29) is 0 Å². The van der Waals surface area contributed by atoms with Gasteiger partial charge in [-0.15, -0.1) is 0 Å². The van der Waals surface area contributed by atoms with Crippen LogP contribution in [-0.4, -0.2) is 25.6 Å². The lowest BCUT2D eigenvalue weighted by molar-refractivity contribution is 0.861. The number of anilines is 1. The monoisotopic (exact) mass is 227 g/mol. The average molecular weight is 227 g/mol. The van der Waals surface area contributed by atoms with Gasteiger partial charge in [-0.2, -0.15) is 0 Å². The third-order valence-corrected chi connectivity index (χ3v) is 3.93. The number of hydrogen-bond donors (Lipinski definition) is 0. The lowest BCUT2D eigenvalue weighted by Gasteiger charge is -2.18. The first-order chi connectivity index (χ1) is 6.84. The predicted octanol–water partition coefficient (Wildman–Crippen LogP) is 3.52. The molecule has 1 nitrogen and oxygen atoms in total. The van der Waals surface area contributed by atoms with Crippen molar-refractivity contribution in [3.63, 3.8) is 0 Å². The Morgan fingerprint density at radius 2 is 1.93 bits per heavy atom. The van der Waals surface area contributed by atoms with Crippen molar-refractivity contribution in [2.75, 3.05) is 30.5 Å². The highest BCUT2D eigenvalue weighted by Crippen LogP contribution is 2.18. The normalized spacial score (nSPS) is 10.1. The second-order valence-corrected chi connectivity index (χ2v) is 5.78. The van der Waals surface area contributed by atoms with Crippen LogP contribution in [0.2, 0.25) is 0 Å². The maximum Gasteiger partial charge on any atom is 0.0363 e. The van der Waals surface area contributed by atoms with Crippen LogP contribution in [0.25, 0.3) is 0 Å². The molecule has 0 radical (unpaired) electrons. The molecule has 0 aliphatic carbocycles. The molecular weight excluding hydrogens is 210 g/mol. The zero-order valence-corrected chi connectivity index (χ0v) is 10.4. The van der Waals surface area contributed by atoms with Gasteiger partial charge in [-0.3, -0.25) is 0 Å². The minimum absolute atomic E-state index is 1.14. The van der Waals surface area contributed by atoms with Crippen LogP contribution in [0.1, 0.15) is 6.42 Å². The van der Waals surface area contributed by atoms with Crippen molar-refractivity contribution in [2.45, 2.75) is 6.42 Å². The number of nitrogens with zero attached hydrogens (tertiary/aromatic N) is 1. The van der Waals surface area contributed by atoms with Gasteiger partial charge >= 0.3 is 0 Å². The summed E-state index contributed by atoms with van der Waals surface area (Å²) in [6.07, 6.45) is 3.38. The number of hydrogen-bond acceptors (Lipinski definition) is 3. The molecule has 0 heterocycles. The smallest absolute Gasteiger partial charge is 0.0363 e. The topological polar surface area (TPSA) is 3.24 Å². The van der Waals surface area contributed by atoms with Gasteiger partial charge in [0, 0.05) is 25.0 Å². The molecule has 0 saturated heterocycles. The molecule has 1 aromatic carbocycles. The molecule has 0 saturated carbocycles. The van der Waals surface area contributed by atoms with Gasteiger partial charge in [0.15, 0.2) is 0 Å². The first kappa shape index (κ1) is 11.8. The first-order valence-corrected chi connectivity index (χ1v) is 7.49. The molecule has 0 N–H and O–H groups in total. The second-order valence-electron chi connectivity index (χ2n) is 3.10. The lowest BCUT2D eigenvalue weighted by atomic mass is 10.3. The van der Waals surface area contributed by atoms with Gasteiger partial charge in [-0.25, -0.2) is 0 Å². The van der Waals surface area contributed by atoms with E-state index in [4.69, 9.17) is 0 Å². The fraction of sp³-hybridized carbons (Fsp3) is 0.455. The van der Waals surface area contributed by atoms with Gasteiger partial charge in [0.2, 0.25) is 0 Å². The molecule has 0 aliphatic rings. The van der Waals surface area contributed by atoms with Crippen LogP contribution < -0.4 is 4.90 Å². The molecule has 78 valence electrons. The Hall–Kier alpha value is -0.280. The fourth-order valence-corrected chi connectivity index (χ4v) is 2.52. The SMILES string of the molecule is CSSCCCN(C)c1ccccc1. The minimum atomic E-state index is 1.14. The Morgan fingerprint density at radius 3 is 2.57 bits per heavy atom. The lowest BCUT2D eigenvalue weighted by Crippen LogP contribution is -2.18. The highest BCUT2D eigenvalue weighted by molar-refractivity contribution is 8.76. The van der Waals surface area contributed by atoms with Crippen LogP contribution in [0.15, 0.2) is 30.3 Å². The molecule has 1 aromatic rings.